The summed E-state index contributed by atoms with van der Waals surface area (Å²) < 4.78 is 9.42. The number of aromatic nitrogens is 6. The zero-order chi connectivity index (χ0) is 19.3. The van der Waals surface area contributed by atoms with Gasteiger partial charge in [0.2, 0.25) is 5.95 Å². The molecule has 4 aromatic rings. The highest BCUT2D eigenvalue weighted by atomic mass is 16.5. The summed E-state index contributed by atoms with van der Waals surface area (Å²) in [6.07, 6.45) is 5.66. The minimum absolute atomic E-state index is 0.320. The van der Waals surface area contributed by atoms with Crippen LogP contribution in [0.25, 0.3) is 21.9 Å². The summed E-state index contributed by atoms with van der Waals surface area (Å²) >= 11 is 0. The van der Waals surface area contributed by atoms with Crippen molar-refractivity contribution in [2.75, 3.05) is 18.5 Å². The van der Waals surface area contributed by atoms with E-state index in [-0.39, 0.29) is 0 Å². The summed E-state index contributed by atoms with van der Waals surface area (Å²) in [4.78, 5) is 9.34. The second-order valence-electron chi connectivity index (χ2n) is 7.42. The molecule has 1 N–H and O–H groups in total. The Balaban J connectivity index is 1.54. The normalized spacial score (nSPS) is 15.5. The van der Waals surface area contributed by atoms with Crippen LogP contribution in [0.5, 0.6) is 0 Å². The lowest BCUT2D eigenvalue weighted by atomic mass is 10.1. The Bertz CT molecular complexity index is 1170. The van der Waals surface area contributed by atoms with E-state index in [1.54, 1.807) is 0 Å². The van der Waals surface area contributed by atoms with Crippen LogP contribution in [0.1, 0.15) is 30.1 Å². The third-order valence-corrected chi connectivity index (χ3v) is 5.51. The molecule has 4 heterocycles. The van der Waals surface area contributed by atoms with Gasteiger partial charge in [-0.1, -0.05) is 0 Å². The monoisotopic (exact) mass is 377 g/mol. The maximum atomic E-state index is 5.50. The number of anilines is 2. The van der Waals surface area contributed by atoms with E-state index in [2.05, 4.69) is 39.1 Å². The molecule has 0 bridgehead atoms. The van der Waals surface area contributed by atoms with Gasteiger partial charge in [-0.15, -0.1) is 0 Å². The van der Waals surface area contributed by atoms with Gasteiger partial charge in [0.15, 0.2) is 5.65 Å². The fourth-order valence-electron chi connectivity index (χ4n) is 3.88. The van der Waals surface area contributed by atoms with E-state index in [1.165, 1.54) is 0 Å². The highest BCUT2D eigenvalue weighted by Crippen LogP contribution is 2.28. The van der Waals surface area contributed by atoms with Gasteiger partial charge < -0.3 is 10.1 Å². The van der Waals surface area contributed by atoms with E-state index < -0.39 is 0 Å². The van der Waals surface area contributed by atoms with Gasteiger partial charge in [-0.05, 0) is 44.4 Å². The first-order valence-electron chi connectivity index (χ1n) is 9.59. The molecule has 3 aromatic heterocycles. The zero-order valence-corrected chi connectivity index (χ0v) is 16.3. The predicted octanol–water partition coefficient (Wildman–Crippen LogP) is 3.42. The molecule has 0 atom stereocenters. The number of ether oxygens (including phenoxy) is 1. The van der Waals surface area contributed by atoms with Crippen molar-refractivity contribution in [1.82, 2.24) is 29.5 Å². The molecule has 5 rings (SSSR count). The largest absolute Gasteiger partial charge is 0.381 e. The zero-order valence-electron chi connectivity index (χ0n) is 16.3. The van der Waals surface area contributed by atoms with Gasteiger partial charge in [-0.3, -0.25) is 4.68 Å². The standard InChI is InChI=1S/C20H23N7O/c1-12-8-14-10-22-26(3)18(14)9-17(12)23-20-21-11-16-13(2)25-27(19(16)24-20)15-4-6-28-7-5-15/h8-11,15H,4-7H2,1-3H3,(H,21,23,24). The molecule has 0 unspecified atom stereocenters. The van der Waals surface area contributed by atoms with Crippen LogP contribution in [0, 0.1) is 13.8 Å². The van der Waals surface area contributed by atoms with Crippen molar-refractivity contribution < 1.29 is 4.74 Å². The van der Waals surface area contributed by atoms with Gasteiger partial charge in [0.25, 0.3) is 0 Å². The number of hydrogen-bond acceptors (Lipinski definition) is 6. The molecular weight excluding hydrogens is 354 g/mol. The first kappa shape index (κ1) is 17.1. The molecule has 1 aromatic carbocycles. The average molecular weight is 377 g/mol. The van der Waals surface area contributed by atoms with Gasteiger partial charge in [0, 0.05) is 37.5 Å². The van der Waals surface area contributed by atoms with Crippen molar-refractivity contribution in [2.24, 2.45) is 7.05 Å². The molecule has 8 nitrogen and oxygen atoms in total. The summed E-state index contributed by atoms with van der Waals surface area (Å²) in [7, 11) is 1.94. The molecule has 0 amide bonds. The van der Waals surface area contributed by atoms with Crippen LogP contribution in [0.4, 0.5) is 11.6 Å². The number of hydrogen-bond donors (Lipinski definition) is 1. The number of aryl methyl sites for hydroxylation is 3. The number of nitrogens with zero attached hydrogens (tertiary/aromatic N) is 6. The van der Waals surface area contributed by atoms with Crippen molar-refractivity contribution in [3.63, 3.8) is 0 Å². The van der Waals surface area contributed by atoms with Gasteiger partial charge in [-0.2, -0.15) is 15.2 Å². The third-order valence-electron chi connectivity index (χ3n) is 5.51. The number of benzene rings is 1. The molecule has 0 spiro atoms. The average Bonchev–Trinajstić information content (AvgIpc) is 3.23. The molecule has 28 heavy (non-hydrogen) atoms. The van der Waals surface area contributed by atoms with E-state index in [1.807, 2.05) is 31.0 Å². The van der Waals surface area contributed by atoms with Crippen LogP contribution in [-0.4, -0.2) is 42.7 Å². The predicted molar refractivity (Wildman–Crippen MR) is 108 cm³/mol. The molecule has 0 aliphatic carbocycles. The highest BCUT2D eigenvalue weighted by Gasteiger charge is 2.21. The van der Waals surface area contributed by atoms with Gasteiger partial charge in [0.05, 0.1) is 28.8 Å². The first-order chi connectivity index (χ1) is 13.6. The molecule has 1 aliphatic rings. The summed E-state index contributed by atoms with van der Waals surface area (Å²) in [6.45, 7) is 5.62. The fourth-order valence-corrected chi connectivity index (χ4v) is 3.88. The van der Waals surface area contributed by atoms with Crippen LogP contribution in [-0.2, 0) is 11.8 Å². The lowest BCUT2D eigenvalue weighted by Gasteiger charge is -2.22. The van der Waals surface area contributed by atoms with Crippen LogP contribution in [0.3, 0.4) is 0 Å². The van der Waals surface area contributed by atoms with Crippen molar-refractivity contribution in [3.05, 3.63) is 35.8 Å². The SMILES string of the molecule is Cc1cc2cnn(C)c2cc1Nc1ncc2c(C)nn(C3CCOCC3)c2n1. The van der Waals surface area contributed by atoms with E-state index in [4.69, 9.17) is 14.8 Å². The quantitative estimate of drug-likeness (QED) is 0.589. The van der Waals surface area contributed by atoms with E-state index >= 15 is 0 Å². The van der Waals surface area contributed by atoms with E-state index in [9.17, 15) is 0 Å². The first-order valence-corrected chi connectivity index (χ1v) is 9.59. The van der Waals surface area contributed by atoms with Crippen LogP contribution >= 0.6 is 0 Å². The summed E-state index contributed by atoms with van der Waals surface area (Å²) in [6, 6.07) is 4.53. The lowest BCUT2D eigenvalue weighted by molar-refractivity contribution is 0.0672. The van der Waals surface area contributed by atoms with Crippen molar-refractivity contribution in [2.45, 2.75) is 32.7 Å². The summed E-state index contributed by atoms with van der Waals surface area (Å²) in [5.74, 6) is 0.574. The van der Waals surface area contributed by atoms with Crippen molar-refractivity contribution in [3.8, 4) is 0 Å². The van der Waals surface area contributed by atoms with Crippen molar-refractivity contribution >= 4 is 33.6 Å². The molecule has 8 heteroatoms. The smallest absolute Gasteiger partial charge is 0.229 e. The minimum atomic E-state index is 0.320. The Kier molecular flexibility index (Phi) is 4.01. The maximum absolute atomic E-state index is 5.50. The van der Waals surface area contributed by atoms with Gasteiger partial charge >= 0.3 is 0 Å². The highest BCUT2D eigenvalue weighted by molar-refractivity contribution is 5.85. The van der Waals surface area contributed by atoms with Gasteiger partial charge in [0.1, 0.15) is 0 Å². The number of fused-ring (bicyclic) bond motifs is 2. The maximum Gasteiger partial charge on any atom is 0.229 e. The topological polar surface area (TPSA) is 82.7 Å². The second kappa shape index (κ2) is 6.56. The number of rotatable bonds is 3. The molecule has 1 saturated heterocycles. The van der Waals surface area contributed by atoms with E-state index in [0.29, 0.717) is 12.0 Å². The van der Waals surface area contributed by atoms with Crippen LogP contribution < -0.4 is 5.32 Å². The van der Waals surface area contributed by atoms with Crippen LogP contribution in [0.15, 0.2) is 24.5 Å². The Hall–Kier alpha value is -3.00. The molecule has 1 aliphatic heterocycles. The minimum Gasteiger partial charge on any atom is -0.381 e. The third kappa shape index (κ3) is 2.80. The Morgan fingerprint density at radius 3 is 2.79 bits per heavy atom. The Morgan fingerprint density at radius 2 is 1.96 bits per heavy atom. The number of nitrogens with one attached hydrogen (secondary N) is 1. The fraction of sp³-hybridized carbons (Fsp3) is 0.400. The Labute approximate surface area is 162 Å². The molecule has 144 valence electrons. The molecule has 0 radical (unpaired) electrons. The Morgan fingerprint density at radius 1 is 1.14 bits per heavy atom. The van der Waals surface area contributed by atoms with E-state index in [0.717, 1.165) is 64.9 Å². The molecular formula is C20H23N7O. The second-order valence-corrected chi connectivity index (χ2v) is 7.42. The summed E-state index contributed by atoms with van der Waals surface area (Å²) in [5.41, 5.74) is 5.00. The van der Waals surface area contributed by atoms with Gasteiger partial charge in [-0.25, -0.2) is 9.67 Å². The summed E-state index contributed by atoms with van der Waals surface area (Å²) in [5, 5.41) is 14.6. The lowest BCUT2D eigenvalue weighted by Crippen LogP contribution is -2.20. The van der Waals surface area contributed by atoms with Crippen molar-refractivity contribution in [1.29, 1.82) is 0 Å². The molecule has 1 fully saturated rings. The molecule has 0 saturated carbocycles. The van der Waals surface area contributed by atoms with Crippen LogP contribution in [0.2, 0.25) is 0 Å².